The second kappa shape index (κ2) is 8.97. The average Bonchev–Trinajstić information content (AvgIpc) is 3.06. The number of aromatic nitrogens is 3. The molecule has 0 saturated heterocycles. The zero-order valence-electron chi connectivity index (χ0n) is 16.4. The summed E-state index contributed by atoms with van der Waals surface area (Å²) in [6.45, 7) is 3.93. The minimum absolute atomic E-state index is 0.135. The first-order valence-electron chi connectivity index (χ1n) is 8.95. The summed E-state index contributed by atoms with van der Waals surface area (Å²) in [5.74, 6) is 3.04. The normalized spacial score (nSPS) is 10.9. The van der Waals surface area contributed by atoms with Gasteiger partial charge in [0, 0.05) is 23.1 Å². The fourth-order valence-electron chi connectivity index (χ4n) is 2.73. The van der Waals surface area contributed by atoms with Crippen molar-refractivity contribution in [1.82, 2.24) is 15.0 Å². The van der Waals surface area contributed by atoms with Gasteiger partial charge in [0.25, 0.3) is 5.56 Å². The van der Waals surface area contributed by atoms with Crippen LogP contribution in [0.5, 0.6) is 11.5 Å². The molecular weight excluding hydrogens is 378 g/mol. The highest BCUT2D eigenvalue weighted by molar-refractivity contribution is 7.98. The molecule has 0 fully saturated rings. The lowest BCUT2D eigenvalue weighted by Gasteiger charge is -2.07. The molecule has 0 aliphatic rings. The smallest absolute Gasteiger partial charge is 0.251 e. The van der Waals surface area contributed by atoms with Crippen LogP contribution in [0.4, 0.5) is 0 Å². The van der Waals surface area contributed by atoms with Crippen molar-refractivity contribution >= 4 is 11.8 Å². The highest BCUT2D eigenvalue weighted by atomic mass is 32.2. The van der Waals surface area contributed by atoms with Gasteiger partial charge >= 0.3 is 0 Å². The van der Waals surface area contributed by atoms with E-state index in [-0.39, 0.29) is 5.56 Å². The molecule has 7 nitrogen and oxygen atoms in total. The number of hydrogen-bond donors (Lipinski definition) is 1. The van der Waals surface area contributed by atoms with E-state index in [1.807, 2.05) is 25.1 Å². The van der Waals surface area contributed by atoms with Crippen molar-refractivity contribution in [2.75, 3.05) is 14.2 Å². The van der Waals surface area contributed by atoms with Crippen LogP contribution < -0.4 is 15.0 Å². The number of ether oxygens (including phenoxy) is 2. The van der Waals surface area contributed by atoms with Crippen LogP contribution in [0.2, 0.25) is 0 Å². The van der Waals surface area contributed by atoms with Gasteiger partial charge < -0.3 is 18.9 Å². The third-order valence-electron chi connectivity index (χ3n) is 4.15. The van der Waals surface area contributed by atoms with Gasteiger partial charge in [0.1, 0.15) is 5.76 Å². The first-order valence-corrected chi connectivity index (χ1v) is 9.94. The standard InChI is InChI=1S/C20H23N3O4S/c1-5-6-14-10-18(24)23-20(21-14)28-11-15-12(2)27-19(22-15)13-7-8-16(25-3)17(9-13)26-4/h7-10H,5-6,11H2,1-4H3,(H,21,23,24). The molecule has 1 aromatic carbocycles. The molecule has 0 radical (unpaired) electrons. The number of hydrogen-bond acceptors (Lipinski definition) is 7. The number of oxazole rings is 1. The van der Waals surface area contributed by atoms with Crippen LogP contribution in [0.25, 0.3) is 11.5 Å². The van der Waals surface area contributed by atoms with E-state index in [1.54, 1.807) is 20.3 Å². The van der Waals surface area contributed by atoms with Gasteiger partial charge in [-0.1, -0.05) is 25.1 Å². The zero-order valence-corrected chi connectivity index (χ0v) is 17.2. The van der Waals surface area contributed by atoms with Crippen LogP contribution in [-0.2, 0) is 12.2 Å². The molecule has 0 saturated carbocycles. The van der Waals surface area contributed by atoms with E-state index in [9.17, 15) is 4.79 Å². The lowest BCUT2D eigenvalue weighted by atomic mass is 10.2. The fraction of sp³-hybridized carbons (Fsp3) is 0.350. The molecule has 148 valence electrons. The van der Waals surface area contributed by atoms with Gasteiger partial charge in [0.15, 0.2) is 16.7 Å². The number of aryl methyl sites for hydroxylation is 2. The van der Waals surface area contributed by atoms with Gasteiger partial charge in [-0.25, -0.2) is 9.97 Å². The van der Waals surface area contributed by atoms with Gasteiger partial charge in [-0.2, -0.15) is 0 Å². The summed E-state index contributed by atoms with van der Waals surface area (Å²) in [4.78, 5) is 23.7. The van der Waals surface area contributed by atoms with E-state index < -0.39 is 0 Å². The van der Waals surface area contributed by atoms with E-state index >= 15 is 0 Å². The summed E-state index contributed by atoms with van der Waals surface area (Å²) >= 11 is 1.43. The Labute approximate surface area is 167 Å². The summed E-state index contributed by atoms with van der Waals surface area (Å²) < 4.78 is 16.4. The molecular formula is C20H23N3O4S. The predicted octanol–water partition coefficient (Wildman–Crippen LogP) is 4.00. The average molecular weight is 401 g/mol. The van der Waals surface area contributed by atoms with Crippen molar-refractivity contribution in [3.05, 3.63) is 51.8 Å². The number of methoxy groups -OCH3 is 2. The molecule has 3 aromatic rings. The summed E-state index contributed by atoms with van der Waals surface area (Å²) in [7, 11) is 3.18. The number of rotatable bonds is 8. The highest BCUT2D eigenvalue weighted by Crippen LogP contribution is 2.33. The van der Waals surface area contributed by atoms with Crippen molar-refractivity contribution in [3.63, 3.8) is 0 Å². The zero-order chi connectivity index (χ0) is 20.1. The third kappa shape index (κ3) is 4.56. The van der Waals surface area contributed by atoms with Crippen LogP contribution >= 0.6 is 11.8 Å². The molecule has 0 unspecified atom stereocenters. The molecule has 0 atom stereocenters. The van der Waals surface area contributed by atoms with Gasteiger partial charge in [-0.3, -0.25) is 4.79 Å². The largest absolute Gasteiger partial charge is 0.493 e. The third-order valence-corrected chi connectivity index (χ3v) is 5.03. The van der Waals surface area contributed by atoms with Crippen molar-refractivity contribution in [2.45, 2.75) is 37.6 Å². The maximum absolute atomic E-state index is 11.8. The van der Waals surface area contributed by atoms with Gasteiger partial charge in [-0.15, -0.1) is 0 Å². The number of thioether (sulfide) groups is 1. The molecule has 0 aliphatic heterocycles. The van der Waals surface area contributed by atoms with Crippen LogP contribution in [-0.4, -0.2) is 29.2 Å². The van der Waals surface area contributed by atoms with Crippen LogP contribution in [0.1, 0.15) is 30.5 Å². The maximum Gasteiger partial charge on any atom is 0.251 e. The first kappa shape index (κ1) is 20.0. The highest BCUT2D eigenvalue weighted by Gasteiger charge is 2.15. The van der Waals surface area contributed by atoms with Gasteiger partial charge in [0.2, 0.25) is 5.89 Å². The maximum atomic E-state index is 11.8. The molecule has 28 heavy (non-hydrogen) atoms. The summed E-state index contributed by atoms with van der Waals surface area (Å²) in [6.07, 6.45) is 1.72. The predicted molar refractivity (Wildman–Crippen MR) is 108 cm³/mol. The lowest BCUT2D eigenvalue weighted by molar-refractivity contribution is 0.355. The van der Waals surface area contributed by atoms with E-state index in [2.05, 4.69) is 21.9 Å². The fourth-order valence-corrected chi connectivity index (χ4v) is 3.62. The van der Waals surface area contributed by atoms with Crippen LogP contribution in [0, 0.1) is 6.92 Å². The number of aromatic amines is 1. The van der Waals surface area contributed by atoms with Crippen LogP contribution in [0.3, 0.4) is 0 Å². The Kier molecular flexibility index (Phi) is 6.41. The second-order valence-corrected chi connectivity index (χ2v) is 7.14. The van der Waals surface area contributed by atoms with Crippen molar-refractivity contribution in [2.24, 2.45) is 0 Å². The Balaban J connectivity index is 1.79. The Bertz CT molecular complexity index is 1010. The SMILES string of the molecule is CCCc1cc(=O)[nH]c(SCc2nc(-c3ccc(OC)c(OC)c3)oc2C)n1. The Morgan fingerprint density at radius 1 is 1.14 bits per heavy atom. The Morgan fingerprint density at radius 2 is 1.93 bits per heavy atom. The summed E-state index contributed by atoms with van der Waals surface area (Å²) in [6, 6.07) is 7.06. The molecule has 0 bridgehead atoms. The molecule has 2 aromatic heterocycles. The number of benzene rings is 1. The minimum atomic E-state index is -0.135. The topological polar surface area (TPSA) is 90.2 Å². The quantitative estimate of drug-likeness (QED) is 0.451. The molecule has 8 heteroatoms. The van der Waals surface area contributed by atoms with E-state index in [0.717, 1.165) is 35.6 Å². The first-order chi connectivity index (χ1) is 13.5. The van der Waals surface area contributed by atoms with Crippen molar-refractivity contribution in [1.29, 1.82) is 0 Å². The van der Waals surface area contributed by atoms with Crippen LogP contribution in [0.15, 0.2) is 38.6 Å². The molecule has 0 amide bonds. The van der Waals surface area contributed by atoms with E-state index in [0.29, 0.717) is 28.3 Å². The van der Waals surface area contributed by atoms with E-state index in [4.69, 9.17) is 13.9 Å². The molecule has 0 aliphatic carbocycles. The molecule has 1 N–H and O–H groups in total. The van der Waals surface area contributed by atoms with Crippen molar-refractivity contribution < 1.29 is 13.9 Å². The van der Waals surface area contributed by atoms with Gasteiger partial charge in [0.05, 0.1) is 19.9 Å². The number of nitrogens with one attached hydrogen (secondary N) is 1. The monoisotopic (exact) mass is 401 g/mol. The number of H-pyrrole nitrogens is 1. The molecule has 0 spiro atoms. The minimum Gasteiger partial charge on any atom is -0.493 e. The Hall–Kier alpha value is -2.74. The number of nitrogens with zero attached hydrogens (tertiary/aromatic N) is 2. The van der Waals surface area contributed by atoms with E-state index in [1.165, 1.54) is 11.8 Å². The summed E-state index contributed by atoms with van der Waals surface area (Å²) in [5, 5.41) is 0.589. The summed E-state index contributed by atoms with van der Waals surface area (Å²) in [5.41, 5.74) is 2.27. The Morgan fingerprint density at radius 3 is 2.64 bits per heavy atom. The van der Waals surface area contributed by atoms with Gasteiger partial charge in [-0.05, 0) is 31.5 Å². The molecule has 2 heterocycles. The molecule has 3 rings (SSSR count). The van der Waals surface area contributed by atoms with Crippen molar-refractivity contribution in [3.8, 4) is 23.0 Å². The lowest BCUT2D eigenvalue weighted by Crippen LogP contribution is -2.10. The second-order valence-electron chi connectivity index (χ2n) is 6.17.